The highest BCUT2D eigenvalue weighted by molar-refractivity contribution is 6.37. The van der Waals surface area contributed by atoms with Crippen LogP contribution in [0.15, 0.2) is 45.6 Å². The Morgan fingerprint density at radius 1 is 1.06 bits per heavy atom. The van der Waals surface area contributed by atoms with Crippen molar-refractivity contribution in [1.29, 1.82) is 0 Å². The van der Waals surface area contributed by atoms with E-state index in [0.29, 0.717) is 21.4 Å². The fourth-order valence-corrected chi connectivity index (χ4v) is 2.20. The number of rotatable bonds is 0. The molecule has 4 heteroatoms. The van der Waals surface area contributed by atoms with Crippen molar-refractivity contribution in [3.05, 3.63) is 51.8 Å². The monoisotopic (exact) mass is 246 g/mol. The topological polar surface area (TPSA) is 50.4 Å². The predicted octanol–water partition coefficient (Wildman–Crippen LogP) is 3.31. The van der Waals surface area contributed by atoms with Gasteiger partial charge in [0.2, 0.25) is 0 Å². The summed E-state index contributed by atoms with van der Waals surface area (Å²) < 4.78 is 5.14. The molecule has 0 saturated heterocycles. The Hall–Kier alpha value is -2.00. The Kier molecular flexibility index (Phi) is 2.09. The molecule has 0 aliphatic heterocycles. The van der Waals surface area contributed by atoms with Gasteiger partial charge < -0.3 is 9.52 Å². The summed E-state index contributed by atoms with van der Waals surface area (Å²) in [5, 5.41) is 12.2. The molecule has 1 N–H and O–H groups in total. The van der Waals surface area contributed by atoms with Gasteiger partial charge >= 0.3 is 5.63 Å². The van der Waals surface area contributed by atoms with Gasteiger partial charge in [0.25, 0.3) is 0 Å². The van der Waals surface area contributed by atoms with E-state index in [1.807, 2.05) is 18.2 Å². The lowest BCUT2D eigenvalue weighted by Gasteiger charge is -2.05. The van der Waals surface area contributed by atoms with Gasteiger partial charge in [-0.25, -0.2) is 4.79 Å². The second-order valence-electron chi connectivity index (χ2n) is 3.73. The summed E-state index contributed by atoms with van der Waals surface area (Å²) in [6, 6.07) is 9.93. The van der Waals surface area contributed by atoms with Crippen LogP contribution in [0.4, 0.5) is 0 Å². The van der Waals surface area contributed by atoms with Crippen molar-refractivity contribution in [2.75, 3.05) is 0 Å². The zero-order valence-electron chi connectivity index (χ0n) is 8.61. The molecule has 0 spiro atoms. The molecule has 0 aliphatic rings. The van der Waals surface area contributed by atoms with Gasteiger partial charge in [-0.15, -0.1) is 0 Å². The fraction of sp³-hybridized carbons (Fsp3) is 0. The van der Waals surface area contributed by atoms with Gasteiger partial charge in [0, 0.05) is 15.8 Å². The molecule has 0 bridgehead atoms. The molecular weight excluding hydrogens is 240 g/mol. The summed E-state index contributed by atoms with van der Waals surface area (Å²) in [6.45, 7) is 0. The van der Waals surface area contributed by atoms with E-state index in [1.54, 1.807) is 12.1 Å². The van der Waals surface area contributed by atoms with Crippen LogP contribution >= 0.6 is 11.6 Å². The molecular formula is C13H7ClO3. The highest BCUT2D eigenvalue weighted by atomic mass is 35.5. The molecule has 1 heterocycles. The maximum absolute atomic E-state index is 11.3. The molecule has 2 aromatic carbocycles. The lowest BCUT2D eigenvalue weighted by atomic mass is 10.1. The normalized spacial score (nSPS) is 11.1. The van der Waals surface area contributed by atoms with Gasteiger partial charge in [-0.3, -0.25) is 0 Å². The van der Waals surface area contributed by atoms with Crippen LogP contribution in [0.3, 0.4) is 0 Å². The van der Waals surface area contributed by atoms with Gasteiger partial charge in [0.1, 0.15) is 11.3 Å². The number of hydrogen-bond acceptors (Lipinski definition) is 3. The smallest absolute Gasteiger partial charge is 0.339 e. The zero-order valence-corrected chi connectivity index (χ0v) is 9.36. The van der Waals surface area contributed by atoms with E-state index in [4.69, 9.17) is 16.0 Å². The van der Waals surface area contributed by atoms with E-state index in [2.05, 4.69) is 0 Å². The van der Waals surface area contributed by atoms with Crippen LogP contribution in [0, 0.1) is 0 Å². The first-order valence-corrected chi connectivity index (χ1v) is 5.38. The van der Waals surface area contributed by atoms with E-state index in [9.17, 15) is 9.90 Å². The third kappa shape index (κ3) is 1.47. The van der Waals surface area contributed by atoms with Crippen LogP contribution in [-0.2, 0) is 0 Å². The molecule has 0 aliphatic carbocycles. The van der Waals surface area contributed by atoms with Crippen LogP contribution in [0.25, 0.3) is 21.7 Å². The van der Waals surface area contributed by atoms with Crippen molar-refractivity contribution in [3.8, 4) is 5.75 Å². The Morgan fingerprint density at radius 3 is 2.53 bits per heavy atom. The summed E-state index contributed by atoms with van der Waals surface area (Å²) in [4.78, 5) is 11.3. The first-order valence-electron chi connectivity index (χ1n) is 5.01. The third-order valence-electron chi connectivity index (χ3n) is 2.68. The first-order chi connectivity index (χ1) is 8.16. The molecule has 0 atom stereocenters. The third-order valence-corrected chi connectivity index (χ3v) is 2.99. The van der Waals surface area contributed by atoms with Crippen LogP contribution in [-0.4, -0.2) is 5.11 Å². The van der Waals surface area contributed by atoms with Gasteiger partial charge in [0.15, 0.2) is 0 Å². The summed E-state index contributed by atoms with van der Waals surface area (Å²) in [6.07, 6.45) is 0. The van der Waals surface area contributed by atoms with Gasteiger partial charge in [-0.05, 0) is 6.07 Å². The van der Waals surface area contributed by atoms with Crippen molar-refractivity contribution in [2.24, 2.45) is 0 Å². The minimum Gasteiger partial charge on any atom is -0.507 e. The molecule has 3 aromatic rings. The van der Waals surface area contributed by atoms with Crippen LogP contribution in [0.2, 0.25) is 5.02 Å². The molecule has 84 valence electrons. The average molecular weight is 247 g/mol. The number of fused-ring (bicyclic) bond motifs is 3. The Labute approximate surface area is 101 Å². The summed E-state index contributed by atoms with van der Waals surface area (Å²) in [5.41, 5.74) is -0.225. The maximum atomic E-state index is 11.3. The van der Waals surface area contributed by atoms with Crippen molar-refractivity contribution in [1.82, 2.24) is 0 Å². The maximum Gasteiger partial charge on any atom is 0.339 e. The molecule has 3 nitrogen and oxygen atoms in total. The van der Waals surface area contributed by atoms with Gasteiger partial charge in [-0.2, -0.15) is 0 Å². The fourth-order valence-electron chi connectivity index (χ4n) is 1.92. The zero-order chi connectivity index (χ0) is 12.0. The number of aromatic hydroxyl groups is 1. The van der Waals surface area contributed by atoms with E-state index >= 15 is 0 Å². The lowest BCUT2D eigenvalue weighted by molar-refractivity contribution is 0.468. The number of benzene rings is 2. The van der Waals surface area contributed by atoms with Crippen molar-refractivity contribution >= 4 is 33.3 Å². The van der Waals surface area contributed by atoms with E-state index < -0.39 is 5.63 Å². The van der Waals surface area contributed by atoms with Crippen LogP contribution in [0.1, 0.15) is 0 Å². The number of halogens is 1. The van der Waals surface area contributed by atoms with E-state index in [-0.39, 0.29) is 5.75 Å². The molecule has 17 heavy (non-hydrogen) atoms. The molecule has 0 amide bonds. The Bertz CT molecular complexity index is 790. The molecule has 0 fully saturated rings. The largest absolute Gasteiger partial charge is 0.507 e. The molecule has 0 saturated carbocycles. The minimum absolute atomic E-state index is 0.121. The second kappa shape index (κ2) is 3.50. The first kappa shape index (κ1) is 10.2. The molecule has 1 aromatic heterocycles. The van der Waals surface area contributed by atoms with Gasteiger partial charge in [-0.1, -0.05) is 35.9 Å². The predicted molar refractivity (Wildman–Crippen MR) is 66.7 cm³/mol. The average Bonchev–Trinajstić information content (AvgIpc) is 2.31. The van der Waals surface area contributed by atoms with Crippen LogP contribution in [0.5, 0.6) is 5.75 Å². The van der Waals surface area contributed by atoms with Crippen molar-refractivity contribution in [3.63, 3.8) is 0 Å². The highest BCUT2D eigenvalue weighted by Gasteiger charge is 2.10. The summed E-state index contributed by atoms with van der Waals surface area (Å²) in [5.74, 6) is -0.121. The van der Waals surface area contributed by atoms with Crippen molar-refractivity contribution < 1.29 is 9.52 Å². The molecule has 0 radical (unpaired) electrons. The summed E-state index contributed by atoms with van der Waals surface area (Å²) in [7, 11) is 0. The van der Waals surface area contributed by atoms with E-state index in [0.717, 1.165) is 11.5 Å². The Balaban J connectivity index is 2.68. The highest BCUT2D eigenvalue weighted by Crippen LogP contribution is 2.34. The van der Waals surface area contributed by atoms with E-state index in [1.165, 1.54) is 0 Å². The van der Waals surface area contributed by atoms with Gasteiger partial charge in [0.05, 0.1) is 11.5 Å². The molecule has 3 rings (SSSR count). The number of hydrogen-bond donors (Lipinski definition) is 1. The summed E-state index contributed by atoms with van der Waals surface area (Å²) >= 11 is 6.12. The Morgan fingerprint density at radius 2 is 1.76 bits per heavy atom. The standard InChI is InChI=1S/C13H7ClO3/c14-10-5-9-11(15)6-12(16)17-13(9)8-4-2-1-3-7(8)10/h1-6,15H. The molecule has 0 unspecified atom stereocenters. The lowest BCUT2D eigenvalue weighted by Crippen LogP contribution is -1.96. The quantitative estimate of drug-likeness (QED) is 0.489. The van der Waals surface area contributed by atoms with Crippen LogP contribution < -0.4 is 5.63 Å². The second-order valence-corrected chi connectivity index (χ2v) is 4.14. The minimum atomic E-state index is -0.581. The van der Waals surface area contributed by atoms with Crippen molar-refractivity contribution in [2.45, 2.75) is 0 Å². The SMILES string of the molecule is O=c1cc(O)c2cc(Cl)c3ccccc3c2o1.